The number of nitrogens with zero attached hydrogens (tertiary/aromatic N) is 3. The average molecular weight is 346 g/mol. The summed E-state index contributed by atoms with van der Waals surface area (Å²) in [7, 11) is 2.06. The van der Waals surface area contributed by atoms with Gasteiger partial charge in [0, 0.05) is 30.8 Å². The van der Waals surface area contributed by atoms with E-state index in [1.807, 2.05) is 30.3 Å². The SMILES string of the molecule is CN(Cc1ccccc1)c1cc(-c2ccccc2)nc(NC(C)(C)C)n1. The van der Waals surface area contributed by atoms with Crippen LogP contribution in [0.25, 0.3) is 11.3 Å². The Bertz CT molecular complexity index is 839. The summed E-state index contributed by atoms with van der Waals surface area (Å²) in [4.78, 5) is 11.6. The van der Waals surface area contributed by atoms with E-state index < -0.39 is 0 Å². The van der Waals surface area contributed by atoms with Crippen molar-refractivity contribution in [2.45, 2.75) is 32.9 Å². The molecule has 0 saturated carbocycles. The number of benzene rings is 2. The van der Waals surface area contributed by atoms with E-state index in [1.54, 1.807) is 0 Å². The molecule has 0 saturated heterocycles. The molecule has 0 atom stereocenters. The molecule has 2 aromatic carbocycles. The second-order valence-corrected chi connectivity index (χ2v) is 7.52. The number of nitrogens with one attached hydrogen (secondary N) is 1. The Morgan fingerprint density at radius 2 is 1.50 bits per heavy atom. The number of anilines is 2. The Kier molecular flexibility index (Phi) is 5.21. The van der Waals surface area contributed by atoms with E-state index in [0.29, 0.717) is 5.95 Å². The molecule has 1 N–H and O–H groups in total. The Morgan fingerprint density at radius 1 is 0.885 bits per heavy atom. The van der Waals surface area contributed by atoms with Crippen LogP contribution >= 0.6 is 0 Å². The van der Waals surface area contributed by atoms with E-state index in [2.05, 4.69) is 74.4 Å². The summed E-state index contributed by atoms with van der Waals surface area (Å²) in [5.41, 5.74) is 3.15. The van der Waals surface area contributed by atoms with Gasteiger partial charge in [0.2, 0.25) is 5.95 Å². The van der Waals surface area contributed by atoms with Gasteiger partial charge in [0.15, 0.2) is 0 Å². The molecule has 4 nitrogen and oxygen atoms in total. The molecule has 1 aromatic heterocycles. The Morgan fingerprint density at radius 3 is 2.12 bits per heavy atom. The molecule has 0 amide bonds. The second-order valence-electron chi connectivity index (χ2n) is 7.52. The van der Waals surface area contributed by atoms with Crippen molar-refractivity contribution in [3.8, 4) is 11.3 Å². The van der Waals surface area contributed by atoms with Crippen molar-refractivity contribution in [2.75, 3.05) is 17.3 Å². The summed E-state index contributed by atoms with van der Waals surface area (Å²) in [6, 6.07) is 22.7. The summed E-state index contributed by atoms with van der Waals surface area (Å²) in [6.45, 7) is 7.12. The van der Waals surface area contributed by atoms with Crippen molar-refractivity contribution in [1.29, 1.82) is 0 Å². The van der Waals surface area contributed by atoms with Gasteiger partial charge < -0.3 is 10.2 Å². The summed E-state index contributed by atoms with van der Waals surface area (Å²) in [5, 5.41) is 3.40. The molecule has 0 radical (unpaired) electrons. The van der Waals surface area contributed by atoms with Gasteiger partial charge in [-0.15, -0.1) is 0 Å². The van der Waals surface area contributed by atoms with Gasteiger partial charge in [0.1, 0.15) is 5.82 Å². The fraction of sp³-hybridized carbons (Fsp3) is 0.273. The van der Waals surface area contributed by atoms with Crippen molar-refractivity contribution in [2.24, 2.45) is 0 Å². The minimum absolute atomic E-state index is 0.107. The first-order valence-corrected chi connectivity index (χ1v) is 8.88. The highest BCUT2D eigenvalue weighted by atomic mass is 15.2. The Labute approximate surface area is 155 Å². The van der Waals surface area contributed by atoms with E-state index in [4.69, 9.17) is 9.97 Å². The molecule has 0 bridgehead atoms. The van der Waals surface area contributed by atoms with Gasteiger partial charge in [0.05, 0.1) is 5.69 Å². The fourth-order valence-electron chi connectivity index (χ4n) is 2.72. The molecular formula is C22H26N4. The molecule has 0 aliphatic rings. The van der Waals surface area contributed by atoms with Crippen molar-refractivity contribution < 1.29 is 0 Å². The monoisotopic (exact) mass is 346 g/mol. The summed E-state index contributed by atoms with van der Waals surface area (Å²) >= 11 is 0. The molecule has 0 fully saturated rings. The van der Waals surface area contributed by atoms with Crippen molar-refractivity contribution in [3.05, 3.63) is 72.3 Å². The first-order chi connectivity index (χ1) is 12.4. The molecule has 0 unspecified atom stereocenters. The van der Waals surface area contributed by atoms with Crippen LogP contribution in [0.3, 0.4) is 0 Å². The van der Waals surface area contributed by atoms with E-state index >= 15 is 0 Å². The molecule has 3 aromatic rings. The third kappa shape index (κ3) is 4.82. The number of aromatic nitrogens is 2. The fourth-order valence-corrected chi connectivity index (χ4v) is 2.72. The zero-order valence-electron chi connectivity index (χ0n) is 15.9. The van der Waals surface area contributed by atoms with Crippen LogP contribution < -0.4 is 10.2 Å². The normalized spacial score (nSPS) is 11.2. The molecule has 1 heterocycles. The van der Waals surface area contributed by atoms with E-state index in [0.717, 1.165) is 23.6 Å². The van der Waals surface area contributed by atoms with Gasteiger partial charge in [-0.05, 0) is 26.3 Å². The van der Waals surface area contributed by atoms with Crippen LogP contribution in [0.15, 0.2) is 66.7 Å². The van der Waals surface area contributed by atoms with Crippen LogP contribution in [0.2, 0.25) is 0 Å². The largest absolute Gasteiger partial charge is 0.355 e. The highest BCUT2D eigenvalue weighted by Crippen LogP contribution is 2.25. The maximum Gasteiger partial charge on any atom is 0.225 e. The predicted molar refractivity (Wildman–Crippen MR) is 109 cm³/mol. The topological polar surface area (TPSA) is 41.1 Å². The predicted octanol–water partition coefficient (Wildman–Crippen LogP) is 4.99. The smallest absolute Gasteiger partial charge is 0.225 e. The van der Waals surface area contributed by atoms with Gasteiger partial charge in [-0.1, -0.05) is 60.7 Å². The summed E-state index contributed by atoms with van der Waals surface area (Å²) < 4.78 is 0. The lowest BCUT2D eigenvalue weighted by Gasteiger charge is -2.24. The first kappa shape index (κ1) is 17.9. The molecule has 26 heavy (non-hydrogen) atoms. The van der Waals surface area contributed by atoms with Crippen molar-refractivity contribution in [1.82, 2.24) is 9.97 Å². The van der Waals surface area contributed by atoms with E-state index in [-0.39, 0.29) is 5.54 Å². The summed E-state index contributed by atoms with van der Waals surface area (Å²) in [5.74, 6) is 1.54. The van der Waals surface area contributed by atoms with Gasteiger partial charge in [-0.25, -0.2) is 4.98 Å². The van der Waals surface area contributed by atoms with Crippen LogP contribution in [0.5, 0.6) is 0 Å². The van der Waals surface area contributed by atoms with E-state index in [9.17, 15) is 0 Å². The highest BCUT2D eigenvalue weighted by Gasteiger charge is 2.15. The van der Waals surface area contributed by atoms with Gasteiger partial charge in [-0.3, -0.25) is 0 Å². The van der Waals surface area contributed by atoms with Gasteiger partial charge >= 0.3 is 0 Å². The number of hydrogen-bond acceptors (Lipinski definition) is 4. The molecular weight excluding hydrogens is 320 g/mol. The molecule has 4 heteroatoms. The van der Waals surface area contributed by atoms with Crippen molar-refractivity contribution in [3.63, 3.8) is 0 Å². The lowest BCUT2D eigenvalue weighted by molar-refractivity contribution is 0.626. The van der Waals surface area contributed by atoms with Crippen LogP contribution in [-0.2, 0) is 6.54 Å². The third-order valence-electron chi connectivity index (χ3n) is 3.92. The second kappa shape index (κ2) is 7.56. The average Bonchev–Trinajstić information content (AvgIpc) is 2.61. The molecule has 134 valence electrons. The van der Waals surface area contributed by atoms with Crippen molar-refractivity contribution >= 4 is 11.8 Å². The quantitative estimate of drug-likeness (QED) is 0.706. The summed E-state index contributed by atoms with van der Waals surface area (Å²) in [6.07, 6.45) is 0. The number of rotatable bonds is 5. The Hall–Kier alpha value is -2.88. The molecule has 0 spiro atoms. The zero-order chi connectivity index (χ0) is 18.6. The van der Waals surface area contributed by atoms with Crippen LogP contribution in [0.1, 0.15) is 26.3 Å². The van der Waals surface area contributed by atoms with Crippen LogP contribution in [0.4, 0.5) is 11.8 Å². The minimum Gasteiger partial charge on any atom is -0.355 e. The molecule has 0 aliphatic carbocycles. The van der Waals surface area contributed by atoms with E-state index in [1.165, 1.54) is 5.56 Å². The molecule has 3 rings (SSSR count). The Balaban J connectivity index is 1.96. The maximum atomic E-state index is 4.74. The zero-order valence-corrected chi connectivity index (χ0v) is 15.9. The standard InChI is InChI=1S/C22H26N4/c1-22(2,3)25-21-23-19(18-13-9-6-10-14-18)15-20(24-21)26(4)16-17-11-7-5-8-12-17/h5-15H,16H2,1-4H3,(H,23,24,25). The lowest BCUT2D eigenvalue weighted by atomic mass is 10.1. The van der Waals surface area contributed by atoms with Gasteiger partial charge in [0.25, 0.3) is 0 Å². The van der Waals surface area contributed by atoms with Crippen LogP contribution in [-0.4, -0.2) is 22.6 Å². The third-order valence-corrected chi connectivity index (χ3v) is 3.92. The molecule has 0 aliphatic heterocycles. The first-order valence-electron chi connectivity index (χ1n) is 8.88. The van der Waals surface area contributed by atoms with Crippen LogP contribution in [0, 0.1) is 0 Å². The maximum absolute atomic E-state index is 4.74. The van der Waals surface area contributed by atoms with Gasteiger partial charge in [-0.2, -0.15) is 4.98 Å². The lowest BCUT2D eigenvalue weighted by Crippen LogP contribution is -2.28. The highest BCUT2D eigenvalue weighted by molar-refractivity contribution is 5.64. The minimum atomic E-state index is -0.107. The number of hydrogen-bond donors (Lipinski definition) is 1.